The third-order valence-electron chi connectivity index (χ3n) is 3.11. The predicted octanol–water partition coefficient (Wildman–Crippen LogP) is 1.60. The monoisotopic (exact) mass is 293 g/mol. The van der Waals surface area contributed by atoms with E-state index < -0.39 is 9.84 Å². The molecule has 0 unspecified atom stereocenters. The number of nitrogens with one attached hydrogen (secondary N) is 1. The molecule has 1 aromatic carbocycles. The van der Waals surface area contributed by atoms with Crippen LogP contribution in [0.2, 0.25) is 0 Å². The lowest BCUT2D eigenvalue weighted by atomic mass is 10.2. The number of nitrogens with zero attached hydrogens (tertiary/aromatic N) is 2. The van der Waals surface area contributed by atoms with Crippen molar-refractivity contribution >= 4 is 9.84 Å². The first-order chi connectivity index (χ1) is 9.50. The second-order valence-electron chi connectivity index (χ2n) is 4.65. The maximum absolute atomic E-state index is 11.4. The molecule has 0 bridgehead atoms. The minimum atomic E-state index is -3.12. The smallest absolute Gasteiger partial charge is 0.175 e. The predicted molar refractivity (Wildman–Crippen MR) is 78.0 cm³/mol. The highest BCUT2D eigenvalue weighted by Crippen LogP contribution is 2.10. The lowest BCUT2D eigenvalue weighted by molar-refractivity contribution is 0.601. The van der Waals surface area contributed by atoms with Gasteiger partial charge in [0.25, 0.3) is 0 Å². The summed E-state index contributed by atoms with van der Waals surface area (Å²) in [7, 11) is -3.12. The zero-order chi connectivity index (χ0) is 14.6. The molecule has 0 aliphatic rings. The van der Waals surface area contributed by atoms with Gasteiger partial charge in [-0.15, -0.1) is 0 Å². The Morgan fingerprint density at radius 2 is 1.90 bits per heavy atom. The molecule has 6 heteroatoms. The van der Waals surface area contributed by atoms with Gasteiger partial charge in [-0.25, -0.2) is 13.4 Å². The fraction of sp³-hybridized carbons (Fsp3) is 0.357. The molecule has 0 saturated carbocycles. The lowest BCUT2D eigenvalue weighted by Gasteiger charge is -2.07. The highest BCUT2D eigenvalue weighted by Gasteiger charge is 2.06. The van der Waals surface area contributed by atoms with Crippen LogP contribution in [0.3, 0.4) is 0 Å². The maximum atomic E-state index is 11.4. The molecule has 0 saturated heterocycles. The number of imidazole rings is 1. The summed E-state index contributed by atoms with van der Waals surface area (Å²) >= 11 is 0. The van der Waals surface area contributed by atoms with Gasteiger partial charge in [-0.2, -0.15) is 0 Å². The van der Waals surface area contributed by atoms with Crippen LogP contribution in [0.4, 0.5) is 0 Å². The Morgan fingerprint density at radius 1 is 1.20 bits per heavy atom. The molecule has 2 aromatic rings. The third kappa shape index (κ3) is 3.68. The molecule has 0 radical (unpaired) electrons. The van der Waals surface area contributed by atoms with Gasteiger partial charge in [0.2, 0.25) is 0 Å². The van der Waals surface area contributed by atoms with Crippen molar-refractivity contribution in [1.29, 1.82) is 0 Å². The van der Waals surface area contributed by atoms with Crippen molar-refractivity contribution in [2.45, 2.75) is 31.5 Å². The van der Waals surface area contributed by atoms with Gasteiger partial charge in [0.15, 0.2) is 9.84 Å². The van der Waals surface area contributed by atoms with Crippen molar-refractivity contribution in [3.05, 3.63) is 48.0 Å². The van der Waals surface area contributed by atoms with Gasteiger partial charge in [-0.3, -0.25) is 0 Å². The van der Waals surface area contributed by atoms with Gasteiger partial charge in [-0.05, 0) is 24.6 Å². The number of aromatic nitrogens is 2. The molecule has 108 valence electrons. The van der Waals surface area contributed by atoms with E-state index in [0.29, 0.717) is 18.0 Å². The average molecular weight is 293 g/mol. The second-order valence-corrected chi connectivity index (χ2v) is 6.66. The van der Waals surface area contributed by atoms with Gasteiger partial charge in [0.1, 0.15) is 5.82 Å². The minimum absolute atomic E-state index is 0.350. The number of rotatable bonds is 6. The molecule has 0 atom stereocenters. The van der Waals surface area contributed by atoms with E-state index in [1.165, 1.54) is 6.26 Å². The van der Waals surface area contributed by atoms with E-state index in [4.69, 9.17) is 0 Å². The van der Waals surface area contributed by atoms with Gasteiger partial charge in [0, 0.05) is 31.7 Å². The fourth-order valence-electron chi connectivity index (χ4n) is 1.97. The molecular formula is C14H19N3O2S. The normalized spacial score (nSPS) is 11.7. The van der Waals surface area contributed by atoms with Crippen molar-refractivity contribution in [1.82, 2.24) is 14.9 Å². The van der Waals surface area contributed by atoms with Gasteiger partial charge in [0.05, 0.1) is 11.4 Å². The van der Waals surface area contributed by atoms with Crippen molar-refractivity contribution < 1.29 is 8.42 Å². The van der Waals surface area contributed by atoms with Crippen LogP contribution in [0.5, 0.6) is 0 Å². The minimum Gasteiger partial charge on any atom is -0.334 e. The van der Waals surface area contributed by atoms with E-state index in [-0.39, 0.29) is 0 Å². The first kappa shape index (κ1) is 14.7. The van der Waals surface area contributed by atoms with Crippen LogP contribution in [0, 0.1) is 0 Å². The number of hydrogen-bond acceptors (Lipinski definition) is 4. The Morgan fingerprint density at radius 3 is 2.50 bits per heavy atom. The van der Waals surface area contributed by atoms with Crippen LogP contribution < -0.4 is 5.32 Å². The molecule has 0 spiro atoms. The zero-order valence-electron chi connectivity index (χ0n) is 11.7. The molecule has 1 heterocycles. The summed E-state index contributed by atoms with van der Waals surface area (Å²) < 4.78 is 24.8. The van der Waals surface area contributed by atoms with E-state index in [9.17, 15) is 8.42 Å². The largest absolute Gasteiger partial charge is 0.334 e. The summed E-state index contributed by atoms with van der Waals surface area (Å²) in [6.07, 6.45) is 4.96. The van der Waals surface area contributed by atoms with Gasteiger partial charge < -0.3 is 9.88 Å². The van der Waals surface area contributed by atoms with Crippen LogP contribution >= 0.6 is 0 Å². The Hall–Kier alpha value is -1.66. The summed E-state index contributed by atoms with van der Waals surface area (Å²) in [5.41, 5.74) is 1.05. The third-order valence-corrected chi connectivity index (χ3v) is 4.23. The molecule has 0 amide bonds. The number of benzene rings is 1. The topological polar surface area (TPSA) is 64.0 Å². The Labute approximate surface area is 119 Å². The van der Waals surface area contributed by atoms with Crippen LogP contribution in [0.25, 0.3) is 0 Å². The molecule has 5 nitrogen and oxygen atoms in total. The Bertz CT molecular complexity index is 660. The van der Waals surface area contributed by atoms with Crippen LogP contribution in [-0.2, 0) is 29.5 Å². The number of hydrogen-bond donors (Lipinski definition) is 1. The molecule has 0 aliphatic carbocycles. The summed E-state index contributed by atoms with van der Waals surface area (Å²) in [5.74, 6) is 1.00. The molecule has 1 aromatic heterocycles. The summed E-state index contributed by atoms with van der Waals surface area (Å²) in [4.78, 5) is 4.64. The summed E-state index contributed by atoms with van der Waals surface area (Å²) in [5, 5.41) is 3.30. The summed E-state index contributed by atoms with van der Waals surface area (Å²) in [6, 6.07) is 6.93. The summed E-state index contributed by atoms with van der Waals surface area (Å²) in [6.45, 7) is 4.35. The van der Waals surface area contributed by atoms with Crippen molar-refractivity contribution in [3.8, 4) is 0 Å². The van der Waals surface area contributed by atoms with Crippen LogP contribution in [0.1, 0.15) is 18.3 Å². The SMILES string of the molecule is CCn1ccnc1CNCc1ccc(S(C)(=O)=O)cc1. The Balaban J connectivity index is 1.92. The highest BCUT2D eigenvalue weighted by atomic mass is 32.2. The first-order valence-corrected chi connectivity index (χ1v) is 8.39. The lowest BCUT2D eigenvalue weighted by Crippen LogP contribution is -2.16. The quantitative estimate of drug-likeness (QED) is 0.878. The molecular weight excluding hydrogens is 274 g/mol. The van der Waals surface area contributed by atoms with E-state index in [1.54, 1.807) is 18.3 Å². The standard InChI is InChI=1S/C14H19N3O2S/c1-3-17-9-8-16-14(17)11-15-10-12-4-6-13(7-5-12)20(2,18)19/h4-9,15H,3,10-11H2,1-2H3. The van der Waals surface area contributed by atoms with Crippen LogP contribution in [-0.4, -0.2) is 24.2 Å². The zero-order valence-corrected chi connectivity index (χ0v) is 12.5. The van der Waals surface area contributed by atoms with E-state index in [0.717, 1.165) is 17.9 Å². The van der Waals surface area contributed by atoms with Gasteiger partial charge >= 0.3 is 0 Å². The molecule has 1 N–H and O–H groups in total. The molecule has 2 rings (SSSR count). The molecule has 0 fully saturated rings. The van der Waals surface area contributed by atoms with E-state index in [1.807, 2.05) is 18.3 Å². The van der Waals surface area contributed by atoms with Crippen LogP contribution in [0.15, 0.2) is 41.6 Å². The number of aryl methyl sites for hydroxylation is 1. The maximum Gasteiger partial charge on any atom is 0.175 e. The first-order valence-electron chi connectivity index (χ1n) is 6.50. The van der Waals surface area contributed by atoms with Gasteiger partial charge in [-0.1, -0.05) is 12.1 Å². The van der Waals surface area contributed by atoms with E-state index >= 15 is 0 Å². The molecule has 20 heavy (non-hydrogen) atoms. The Kier molecular flexibility index (Phi) is 4.57. The molecule has 0 aliphatic heterocycles. The average Bonchev–Trinajstić information content (AvgIpc) is 2.86. The fourth-order valence-corrected chi connectivity index (χ4v) is 2.60. The second kappa shape index (κ2) is 6.19. The highest BCUT2D eigenvalue weighted by molar-refractivity contribution is 7.90. The number of sulfone groups is 1. The van der Waals surface area contributed by atoms with Crippen molar-refractivity contribution in [2.24, 2.45) is 0 Å². The van der Waals surface area contributed by atoms with E-state index in [2.05, 4.69) is 21.8 Å². The van der Waals surface area contributed by atoms with Crippen molar-refractivity contribution in [2.75, 3.05) is 6.26 Å². The van der Waals surface area contributed by atoms with Crippen molar-refractivity contribution in [3.63, 3.8) is 0 Å².